The van der Waals surface area contributed by atoms with Gasteiger partial charge in [0.25, 0.3) is 0 Å². The van der Waals surface area contributed by atoms with Gasteiger partial charge in [0.2, 0.25) is 0 Å². The number of benzene rings is 2. The van der Waals surface area contributed by atoms with E-state index in [1.54, 1.807) is 12.1 Å². The van der Waals surface area contributed by atoms with Crippen LogP contribution in [0.2, 0.25) is 0 Å². The summed E-state index contributed by atoms with van der Waals surface area (Å²) in [5.74, 6) is 2.02. The van der Waals surface area contributed by atoms with E-state index in [2.05, 4.69) is 39.0 Å². The van der Waals surface area contributed by atoms with Gasteiger partial charge >= 0.3 is 5.97 Å². The molecule has 1 atom stereocenters. The van der Waals surface area contributed by atoms with E-state index in [4.69, 9.17) is 9.47 Å². The van der Waals surface area contributed by atoms with Gasteiger partial charge in [-0.05, 0) is 65.5 Å². The Bertz CT molecular complexity index is 842. The summed E-state index contributed by atoms with van der Waals surface area (Å²) in [6.45, 7) is 7.59. The zero-order valence-corrected chi connectivity index (χ0v) is 19.5. The Labute approximate surface area is 185 Å². The van der Waals surface area contributed by atoms with Crippen LogP contribution in [0.15, 0.2) is 47.4 Å². The minimum absolute atomic E-state index is 0.259. The number of hydrogen-bond acceptors (Lipinski definition) is 4. The second-order valence-electron chi connectivity index (χ2n) is 8.76. The van der Waals surface area contributed by atoms with Crippen molar-refractivity contribution in [3.05, 3.63) is 59.2 Å². The van der Waals surface area contributed by atoms with Gasteiger partial charge in [0.05, 0.1) is 19.3 Å². The van der Waals surface area contributed by atoms with E-state index in [1.807, 2.05) is 23.9 Å². The standard InChI is InChI=1S/C26H34O3S/c1-5-6-7-8-21(18-29-22-12-9-19(10-13-22)25(27)28-4)20-11-14-23-24(17-20)30-16-15-26(23,2)3/h9-14,17,21H,5-8,15-16,18H2,1-4H3. The molecule has 0 saturated heterocycles. The first-order chi connectivity index (χ1) is 14.4. The van der Waals surface area contributed by atoms with Gasteiger partial charge < -0.3 is 9.47 Å². The van der Waals surface area contributed by atoms with Crippen LogP contribution in [0, 0.1) is 0 Å². The molecule has 0 amide bonds. The van der Waals surface area contributed by atoms with Crippen molar-refractivity contribution in [3.8, 4) is 5.75 Å². The first kappa shape index (κ1) is 22.7. The van der Waals surface area contributed by atoms with Gasteiger partial charge in [0, 0.05) is 10.8 Å². The van der Waals surface area contributed by atoms with Crippen molar-refractivity contribution in [2.75, 3.05) is 19.5 Å². The molecule has 4 heteroatoms. The molecule has 1 unspecified atom stereocenters. The average Bonchev–Trinajstić information content (AvgIpc) is 2.75. The molecule has 0 fully saturated rings. The number of esters is 1. The highest BCUT2D eigenvalue weighted by Crippen LogP contribution is 2.42. The molecule has 3 rings (SSSR count). The topological polar surface area (TPSA) is 35.5 Å². The maximum atomic E-state index is 11.6. The molecule has 0 aromatic heterocycles. The van der Waals surface area contributed by atoms with Crippen LogP contribution in [0.4, 0.5) is 0 Å². The maximum Gasteiger partial charge on any atom is 0.337 e. The molecule has 2 aromatic carbocycles. The summed E-state index contributed by atoms with van der Waals surface area (Å²) < 4.78 is 10.9. The van der Waals surface area contributed by atoms with E-state index in [9.17, 15) is 4.79 Å². The van der Waals surface area contributed by atoms with Crippen molar-refractivity contribution in [2.24, 2.45) is 0 Å². The fraction of sp³-hybridized carbons (Fsp3) is 0.500. The highest BCUT2D eigenvalue weighted by atomic mass is 32.2. The number of thioether (sulfide) groups is 1. The Balaban J connectivity index is 1.74. The van der Waals surface area contributed by atoms with Crippen molar-refractivity contribution in [2.45, 2.75) is 69.1 Å². The fourth-order valence-corrected chi connectivity index (χ4v) is 5.56. The number of hydrogen-bond donors (Lipinski definition) is 0. The summed E-state index contributed by atoms with van der Waals surface area (Å²) >= 11 is 1.99. The Morgan fingerprint density at radius 3 is 2.60 bits per heavy atom. The molecule has 0 saturated carbocycles. The lowest BCUT2D eigenvalue weighted by atomic mass is 9.80. The maximum absolute atomic E-state index is 11.6. The van der Waals surface area contributed by atoms with E-state index < -0.39 is 0 Å². The first-order valence-corrected chi connectivity index (χ1v) is 12.0. The van der Waals surface area contributed by atoms with Gasteiger partial charge in [0.1, 0.15) is 5.75 Å². The quantitative estimate of drug-likeness (QED) is 0.320. The third kappa shape index (κ3) is 5.60. The number of methoxy groups -OCH3 is 1. The Morgan fingerprint density at radius 1 is 1.13 bits per heavy atom. The molecule has 1 heterocycles. The third-order valence-electron chi connectivity index (χ3n) is 6.07. The summed E-state index contributed by atoms with van der Waals surface area (Å²) in [6.07, 6.45) is 6.03. The van der Waals surface area contributed by atoms with Crippen molar-refractivity contribution in [1.29, 1.82) is 0 Å². The zero-order valence-electron chi connectivity index (χ0n) is 18.7. The van der Waals surface area contributed by atoms with E-state index in [0.29, 0.717) is 18.1 Å². The number of ether oxygens (including phenoxy) is 2. The predicted octanol–water partition coefficient (Wildman–Crippen LogP) is 6.99. The smallest absolute Gasteiger partial charge is 0.337 e. The molecule has 0 N–H and O–H groups in total. The van der Waals surface area contributed by atoms with Gasteiger partial charge in [-0.2, -0.15) is 0 Å². The second-order valence-corrected chi connectivity index (χ2v) is 9.89. The first-order valence-electron chi connectivity index (χ1n) is 11.0. The van der Waals surface area contributed by atoms with Crippen LogP contribution in [0.25, 0.3) is 0 Å². The zero-order chi connectivity index (χ0) is 21.6. The summed E-state index contributed by atoms with van der Waals surface area (Å²) in [5.41, 5.74) is 3.66. The van der Waals surface area contributed by atoms with Gasteiger partial charge in [-0.1, -0.05) is 52.2 Å². The molecule has 0 bridgehead atoms. The molecule has 2 aromatic rings. The lowest BCUT2D eigenvalue weighted by molar-refractivity contribution is 0.0600. The minimum Gasteiger partial charge on any atom is -0.493 e. The molecular formula is C26H34O3S. The van der Waals surface area contributed by atoms with Crippen molar-refractivity contribution in [3.63, 3.8) is 0 Å². The molecule has 30 heavy (non-hydrogen) atoms. The highest BCUT2D eigenvalue weighted by Gasteiger charge is 2.28. The molecule has 0 aliphatic carbocycles. The number of fused-ring (bicyclic) bond motifs is 1. The number of rotatable bonds is 9. The third-order valence-corrected chi connectivity index (χ3v) is 7.13. The number of carbonyl (C=O) groups excluding carboxylic acids is 1. The lowest BCUT2D eigenvalue weighted by Crippen LogP contribution is -2.23. The van der Waals surface area contributed by atoms with Crippen molar-refractivity contribution < 1.29 is 14.3 Å². The Morgan fingerprint density at radius 2 is 1.90 bits per heavy atom. The van der Waals surface area contributed by atoms with Crippen LogP contribution >= 0.6 is 11.8 Å². The van der Waals surface area contributed by atoms with Gasteiger partial charge in [0.15, 0.2) is 0 Å². The minimum atomic E-state index is -0.325. The average molecular weight is 427 g/mol. The van der Waals surface area contributed by atoms with Crippen molar-refractivity contribution in [1.82, 2.24) is 0 Å². The van der Waals surface area contributed by atoms with Gasteiger partial charge in [-0.3, -0.25) is 0 Å². The second kappa shape index (κ2) is 10.4. The Kier molecular flexibility index (Phi) is 7.87. The largest absolute Gasteiger partial charge is 0.493 e. The van der Waals surface area contributed by atoms with Crippen LogP contribution < -0.4 is 4.74 Å². The molecule has 1 aliphatic rings. The van der Waals surface area contributed by atoms with Crippen LogP contribution in [-0.4, -0.2) is 25.4 Å². The van der Waals surface area contributed by atoms with Gasteiger partial charge in [-0.15, -0.1) is 11.8 Å². The summed E-state index contributed by atoms with van der Waals surface area (Å²) in [7, 11) is 1.39. The number of carbonyl (C=O) groups is 1. The highest BCUT2D eigenvalue weighted by molar-refractivity contribution is 7.99. The van der Waals surface area contributed by atoms with Crippen molar-refractivity contribution >= 4 is 17.7 Å². The predicted molar refractivity (Wildman–Crippen MR) is 125 cm³/mol. The molecule has 0 radical (unpaired) electrons. The SMILES string of the molecule is CCCCCC(COc1ccc(C(=O)OC)cc1)c1ccc2c(c1)SCCC2(C)C. The Hall–Kier alpha value is -1.94. The van der Waals surface area contributed by atoms with Gasteiger partial charge in [-0.25, -0.2) is 4.79 Å². The summed E-state index contributed by atoms with van der Waals surface area (Å²) in [6, 6.07) is 14.3. The fourth-order valence-electron chi connectivity index (χ4n) is 4.01. The molecular weight excluding hydrogens is 392 g/mol. The molecule has 162 valence electrons. The van der Waals surface area contributed by atoms with E-state index in [0.717, 1.165) is 12.2 Å². The monoisotopic (exact) mass is 426 g/mol. The van der Waals surface area contributed by atoms with Crippen LogP contribution in [0.1, 0.15) is 80.3 Å². The summed E-state index contributed by atoms with van der Waals surface area (Å²) in [5, 5.41) is 0. The van der Waals surface area contributed by atoms with E-state index in [-0.39, 0.29) is 11.4 Å². The molecule has 0 spiro atoms. The molecule has 3 nitrogen and oxygen atoms in total. The van der Waals surface area contributed by atoms with E-state index in [1.165, 1.54) is 54.6 Å². The van der Waals surface area contributed by atoms with Crippen LogP contribution in [0.3, 0.4) is 0 Å². The van der Waals surface area contributed by atoms with Crippen LogP contribution in [-0.2, 0) is 10.2 Å². The normalized spacial score (nSPS) is 15.9. The number of unbranched alkanes of at least 4 members (excludes halogenated alkanes) is 2. The summed E-state index contributed by atoms with van der Waals surface area (Å²) in [4.78, 5) is 13.1. The molecule has 1 aliphatic heterocycles. The van der Waals surface area contributed by atoms with Crippen LogP contribution in [0.5, 0.6) is 5.75 Å². The van der Waals surface area contributed by atoms with E-state index >= 15 is 0 Å². The lowest BCUT2D eigenvalue weighted by Gasteiger charge is -2.33.